The summed E-state index contributed by atoms with van der Waals surface area (Å²) >= 11 is 0. The van der Waals surface area contributed by atoms with Crippen molar-refractivity contribution < 1.29 is 19.4 Å². The van der Waals surface area contributed by atoms with Gasteiger partial charge in [-0.25, -0.2) is 0 Å². The van der Waals surface area contributed by atoms with Gasteiger partial charge in [0.2, 0.25) is 0 Å². The van der Waals surface area contributed by atoms with E-state index in [1.165, 1.54) is 0 Å². The van der Waals surface area contributed by atoms with E-state index >= 15 is 0 Å². The van der Waals surface area contributed by atoms with Gasteiger partial charge in [-0.05, 0) is 19.3 Å². The molecule has 0 aliphatic heterocycles. The lowest BCUT2D eigenvalue weighted by atomic mass is 9.98. The Kier molecular flexibility index (Phi) is 6.75. The second kappa shape index (κ2) is 7.26. The molecular weight excluding hydrogens is 196 g/mol. The molecular formula is C11H20O4. The number of rotatable bonds is 7. The van der Waals surface area contributed by atoms with Crippen LogP contribution in [0.1, 0.15) is 40.0 Å². The molecule has 0 saturated carbocycles. The van der Waals surface area contributed by atoms with Crippen LogP contribution in [0.3, 0.4) is 0 Å². The van der Waals surface area contributed by atoms with Crippen LogP contribution < -0.4 is 0 Å². The Morgan fingerprint density at radius 2 is 1.87 bits per heavy atom. The first-order valence-corrected chi connectivity index (χ1v) is 5.38. The predicted molar refractivity (Wildman–Crippen MR) is 56.4 cm³/mol. The summed E-state index contributed by atoms with van der Waals surface area (Å²) in [7, 11) is 0. The Bertz CT molecular complexity index is 211. The van der Waals surface area contributed by atoms with E-state index in [0.717, 1.165) is 12.8 Å². The lowest BCUT2D eigenvalue weighted by Crippen LogP contribution is -2.26. The quantitative estimate of drug-likeness (QED) is 0.522. The van der Waals surface area contributed by atoms with E-state index in [0.29, 0.717) is 12.3 Å². The van der Waals surface area contributed by atoms with Gasteiger partial charge in [-0.2, -0.15) is 0 Å². The van der Waals surface area contributed by atoms with Gasteiger partial charge in [0, 0.05) is 0 Å². The molecule has 0 aliphatic carbocycles. The maximum atomic E-state index is 11.3. The summed E-state index contributed by atoms with van der Waals surface area (Å²) in [5.74, 6) is -2.17. The second-order valence-corrected chi connectivity index (χ2v) is 3.97. The van der Waals surface area contributed by atoms with Gasteiger partial charge in [-0.3, -0.25) is 9.59 Å². The average molecular weight is 216 g/mol. The van der Waals surface area contributed by atoms with E-state index in [1.807, 2.05) is 0 Å². The highest BCUT2D eigenvalue weighted by atomic mass is 16.5. The molecule has 4 heteroatoms. The molecule has 15 heavy (non-hydrogen) atoms. The van der Waals surface area contributed by atoms with Crippen molar-refractivity contribution in [2.75, 3.05) is 6.61 Å². The molecule has 0 radical (unpaired) electrons. The molecule has 4 nitrogen and oxygen atoms in total. The van der Waals surface area contributed by atoms with Crippen molar-refractivity contribution in [1.82, 2.24) is 0 Å². The Balaban J connectivity index is 4.05. The van der Waals surface area contributed by atoms with Crippen molar-refractivity contribution in [1.29, 1.82) is 0 Å². The van der Waals surface area contributed by atoms with E-state index in [1.54, 1.807) is 6.92 Å². The molecule has 0 spiro atoms. The zero-order valence-electron chi connectivity index (χ0n) is 9.66. The van der Waals surface area contributed by atoms with Crippen LogP contribution in [0.25, 0.3) is 0 Å². The molecule has 0 bridgehead atoms. The largest absolute Gasteiger partial charge is 0.481 e. The maximum Gasteiger partial charge on any atom is 0.320 e. The van der Waals surface area contributed by atoms with Crippen LogP contribution in [-0.4, -0.2) is 23.7 Å². The van der Waals surface area contributed by atoms with Crippen molar-refractivity contribution in [3.05, 3.63) is 0 Å². The number of hydrogen-bond donors (Lipinski definition) is 1. The van der Waals surface area contributed by atoms with Gasteiger partial charge in [0.1, 0.15) is 0 Å². The minimum absolute atomic E-state index is 0.229. The molecule has 0 saturated heterocycles. The Labute approximate surface area is 90.6 Å². The molecule has 1 unspecified atom stereocenters. The highest BCUT2D eigenvalue weighted by Gasteiger charge is 2.26. The van der Waals surface area contributed by atoms with Crippen LogP contribution in [0, 0.1) is 11.8 Å². The predicted octanol–water partition coefficient (Wildman–Crippen LogP) is 2.08. The number of aliphatic carboxylic acids is 1. The highest BCUT2D eigenvalue weighted by molar-refractivity contribution is 5.93. The Hall–Kier alpha value is -1.06. The van der Waals surface area contributed by atoms with Gasteiger partial charge in [-0.1, -0.05) is 26.7 Å². The maximum absolute atomic E-state index is 11.3. The van der Waals surface area contributed by atoms with Crippen LogP contribution in [0.5, 0.6) is 0 Å². The lowest BCUT2D eigenvalue weighted by Gasteiger charge is -2.11. The number of hydrogen-bond acceptors (Lipinski definition) is 3. The van der Waals surface area contributed by atoms with Gasteiger partial charge < -0.3 is 9.84 Å². The summed E-state index contributed by atoms with van der Waals surface area (Å²) in [4.78, 5) is 22.0. The lowest BCUT2D eigenvalue weighted by molar-refractivity contribution is -0.158. The minimum Gasteiger partial charge on any atom is -0.481 e. The van der Waals surface area contributed by atoms with Crippen LogP contribution in [0.15, 0.2) is 0 Å². The Morgan fingerprint density at radius 1 is 1.27 bits per heavy atom. The minimum atomic E-state index is -1.09. The molecule has 0 aromatic heterocycles. The molecule has 88 valence electrons. The highest BCUT2D eigenvalue weighted by Crippen LogP contribution is 2.14. The zero-order valence-corrected chi connectivity index (χ0v) is 9.66. The number of carbonyl (C=O) groups is 2. The fourth-order valence-electron chi connectivity index (χ4n) is 1.32. The molecule has 1 N–H and O–H groups in total. The zero-order chi connectivity index (χ0) is 11.8. The second-order valence-electron chi connectivity index (χ2n) is 3.97. The summed E-state index contributed by atoms with van der Waals surface area (Å²) in [6, 6.07) is 0. The first-order chi connectivity index (χ1) is 6.99. The van der Waals surface area contributed by atoms with Crippen molar-refractivity contribution >= 4 is 11.9 Å². The molecule has 0 heterocycles. The number of esters is 1. The molecule has 0 rings (SSSR count). The van der Waals surface area contributed by atoms with Crippen LogP contribution >= 0.6 is 0 Å². The van der Waals surface area contributed by atoms with Gasteiger partial charge >= 0.3 is 11.9 Å². The van der Waals surface area contributed by atoms with Gasteiger partial charge in [0.15, 0.2) is 5.92 Å². The fraction of sp³-hybridized carbons (Fsp3) is 0.818. The molecule has 0 fully saturated rings. The van der Waals surface area contributed by atoms with Gasteiger partial charge in [0.25, 0.3) is 0 Å². The van der Waals surface area contributed by atoms with E-state index in [9.17, 15) is 9.59 Å². The third kappa shape index (κ3) is 6.10. The standard InChI is InChI=1S/C11H20O4/c1-4-15-11(14)9(10(12)13)7-5-6-8(2)3/h8-9H,4-7H2,1-3H3,(H,12,13). The van der Waals surface area contributed by atoms with Crippen molar-refractivity contribution in [2.45, 2.75) is 40.0 Å². The number of carbonyl (C=O) groups excluding carboxylic acids is 1. The van der Waals surface area contributed by atoms with Crippen molar-refractivity contribution in [3.8, 4) is 0 Å². The van der Waals surface area contributed by atoms with Gasteiger partial charge in [0.05, 0.1) is 6.61 Å². The van der Waals surface area contributed by atoms with E-state index in [4.69, 9.17) is 9.84 Å². The molecule has 0 aromatic carbocycles. The number of carboxylic acids is 1. The molecule has 0 amide bonds. The van der Waals surface area contributed by atoms with Crippen LogP contribution in [-0.2, 0) is 14.3 Å². The number of ether oxygens (including phenoxy) is 1. The first kappa shape index (κ1) is 13.9. The Morgan fingerprint density at radius 3 is 2.27 bits per heavy atom. The first-order valence-electron chi connectivity index (χ1n) is 5.38. The van der Waals surface area contributed by atoms with Crippen molar-refractivity contribution in [2.24, 2.45) is 11.8 Å². The number of carboxylic acid groups (broad SMARTS) is 1. The third-order valence-corrected chi connectivity index (χ3v) is 2.14. The summed E-state index contributed by atoms with van der Waals surface area (Å²) in [5.41, 5.74) is 0. The van der Waals surface area contributed by atoms with Crippen molar-refractivity contribution in [3.63, 3.8) is 0 Å². The average Bonchev–Trinajstić information content (AvgIpc) is 2.11. The topological polar surface area (TPSA) is 63.6 Å². The summed E-state index contributed by atoms with van der Waals surface area (Å²) in [6.45, 7) is 6.04. The molecule has 0 aromatic rings. The van der Waals surface area contributed by atoms with Crippen LogP contribution in [0.4, 0.5) is 0 Å². The molecule has 1 atom stereocenters. The van der Waals surface area contributed by atoms with Crippen LogP contribution in [0.2, 0.25) is 0 Å². The monoisotopic (exact) mass is 216 g/mol. The van der Waals surface area contributed by atoms with E-state index in [2.05, 4.69) is 13.8 Å². The summed E-state index contributed by atoms with van der Waals surface area (Å²) in [6.07, 6.45) is 2.04. The summed E-state index contributed by atoms with van der Waals surface area (Å²) < 4.78 is 4.70. The van der Waals surface area contributed by atoms with Gasteiger partial charge in [-0.15, -0.1) is 0 Å². The third-order valence-electron chi connectivity index (χ3n) is 2.14. The smallest absolute Gasteiger partial charge is 0.320 e. The normalized spacial score (nSPS) is 12.5. The van der Waals surface area contributed by atoms with E-state index in [-0.39, 0.29) is 6.61 Å². The molecule has 0 aliphatic rings. The SMILES string of the molecule is CCOC(=O)C(CCCC(C)C)C(=O)O. The fourth-order valence-corrected chi connectivity index (χ4v) is 1.32. The van der Waals surface area contributed by atoms with E-state index < -0.39 is 17.9 Å². The summed E-state index contributed by atoms with van der Waals surface area (Å²) in [5, 5.41) is 8.83.